The van der Waals surface area contributed by atoms with Crippen molar-refractivity contribution in [3.05, 3.63) is 10.4 Å². The van der Waals surface area contributed by atoms with Crippen molar-refractivity contribution in [3.8, 4) is 0 Å². The molecule has 0 spiro atoms. The Morgan fingerprint density at radius 2 is 1.94 bits per heavy atom. The van der Waals surface area contributed by atoms with Gasteiger partial charge in [-0.3, -0.25) is 4.79 Å². The molecule has 0 radical (unpaired) electrons. The maximum atomic E-state index is 11.7. The number of rotatable bonds is 5. The highest BCUT2D eigenvalue weighted by atomic mass is 16.5. The number of azide groups is 1. The molecule has 7 heteroatoms. The highest BCUT2D eigenvalue weighted by molar-refractivity contribution is 5.69. The molecule has 4 saturated carbocycles. The van der Waals surface area contributed by atoms with E-state index in [0.717, 1.165) is 51.4 Å². The Kier molecular flexibility index (Phi) is 6.56. The molecule has 0 amide bonds. The molecule has 0 aromatic heterocycles. The number of carbonyl (C=O) groups is 1. The zero-order valence-corrected chi connectivity index (χ0v) is 20.1. The maximum Gasteiger partial charge on any atom is 0.305 e. The minimum Gasteiger partial charge on any atom is -0.469 e. The molecule has 0 aromatic rings. The van der Waals surface area contributed by atoms with Gasteiger partial charge in [0, 0.05) is 17.4 Å². The summed E-state index contributed by atoms with van der Waals surface area (Å²) >= 11 is 0. The summed E-state index contributed by atoms with van der Waals surface area (Å²) in [5.74, 6) is 1.70. The zero-order valence-electron chi connectivity index (χ0n) is 20.1. The summed E-state index contributed by atoms with van der Waals surface area (Å²) in [6, 6.07) is 0.0344. The minimum absolute atomic E-state index is 0.0344. The van der Waals surface area contributed by atoms with Crippen molar-refractivity contribution in [2.45, 2.75) is 96.8 Å². The second-order valence-electron chi connectivity index (χ2n) is 11.8. The number of carbonyl (C=O) groups excluding carboxylic acids is 1. The summed E-state index contributed by atoms with van der Waals surface area (Å²) < 4.78 is 4.84. The van der Waals surface area contributed by atoms with Crippen LogP contribution < -0.4 is 0 Å². The molecule has 0 heterocycles. The molecule has 11 atom stereocenters. The van der Waals surface area contributed by atoms with Gasteiger partial charge < -0.3 is 14.9 Å². The molecule has 1 unspecified atom stereocenters. The molecule has 0 bridgehead atoms. The smallest absolute Gasteiger partial charge is 0.305 e. The zero-order chi connectivity index (χ0) is 23.3. The third-order valence-corrected chi connectivity index (χ3v) is 10.8. The number of fused-ring (bicyclic) bond motifs is 5. The van der Waals surface area contributed by atoms with E-state index in [2.05, 4.69) is 30.8 Å². The van der Waals surface area contributed by atoms with Gasteiger partial charge in [0.25, 0.3) is 0 Å². The second-order valence-corrected chi connectivity index (χ2v) is 11.8. The Balaban J connectivity index is 1.57. The van der Waals surface area contributed by atoms with Crippen LogP contribution in [0.25, 0.3) is 10.4 Å². The van der Waals surface area contributed by atoms with Gasteiger partial charge in [-0.15, -0.1) is 0 Å². The standard InChI is InChI=1S/C25H41N3O4/c1-14(5-8-22(31)32-4)17-6-7-18-23-19(13-21(30)25(17,18)3)24(2)10-9-16(27-28-26)11-15(24)12-20(23)29/h14-21,23,29-30H,5-13H2,1-4H3/t14?,15-,16-,17+,18-,19-,20+,21-,23-,24-,25+/m0/s1. The lowest BCUT2D eigenvalue weighted by Gasteiger charge is -2.63. The molecule has 4 rings (SSSR count). The molecule has 0 aromatic carbocycles. The van der Waals surface area contributed by atoms with E-state index in [-0.39, 0.29) is 41.0 Å². The van der Waals surface area contributed by atoms with E-state index >= 15 is 0 Å². The molecule has 32 heavy (non-hydrogen) atoms. The van der Waals surface area contributed by atoms with E-state index in [1.807, 2.05) is 0 Å². The number of methoxy groups -OCH3 is 1. The van der Waals surface area contributed by atoms with Crippen molar-refractivity contribution < 1.29 is 19.7 Å². The molecule has 4 aliphatic carbocycles. The SMILES string of the molecule is COC(=O)CCC(C)[C@H]1CC[C@H]2[C@@H]3[C@H](O)C[C@@H]4C[C@@H](N=[N+]=[N-])CC[C@]4(C)[C@H]3C[C@H](O)[C@]12C. The average molecular weight is 448 g/mol. The Morgan fingerprint density at radius 1 is 1.19 bits per heavy atom. The lowest BCUT2D eigenvalue weighted by atomic mass is 9.43. The Hall–Kier alpha value is -1.30. The summed E-state index contributed by atoms with van der Waals surface area (Å²) in [6.07, 6.45) is 6.83. The van der Waals surface area contributed by atoms with Crippen LogP contribution in [0, 0.1) is 46.3 Å². The van der Waals surface area contributed by atoms with Crippen LogP contribution >= 0.6 is 0 Å². The Morgan fingerprint density at radius 3 is 2.62 bits per heavy atom. The van der Waals surface area contributed by atoms with Gasteiger partial charge in [0.15, 0.2) is 0 Å². The topological polar surface area (TPSA) is 116 Å². The van der Waals surface area contributed by atoms with Crippen molar-refractivity contribution in [3.63, 3.8) is 0 Å². The van der Waals surface area contributed by atoms with E-state index in [9.17, 15) is 15.0 Å². The first-order valence-corrected chi connectivity index (χ1v) is 12.6. The quantitative estimate of drug-likeness (QED) is 0.271. The lowest BCUT2D eigenvalue weighted by Crippen LogP contribution is -2.62. The van der Waals surface area contributed by atoms with Gasteiger partial charge in [-0.25, -0.2) is 0 Å². The van der Waals surface area contributed by atoms with Gasteiger partial charge in [-0.1, -0.05) is 25.9 Å². The molecule has 180 valence electrons. The first-order valence-electron chi connectivity index (χ1n) is 12.6. The predicted molar refractivity (Wildman–Crippen MR) is 121 cm³/mol. The second kappa shape index (κ2) is 8.81. The van der Waals surface area contributed by atoms with Crippen LogP contribution in [0.2, 0.25) is 0 Å². The van der Waals surface area contributed by atoms with E-state index in [4.69, 9.17) is 10.3 Å². The van der Waals surface area contributed by atoms with Crippen LogP contribution in [0.1, 0.15) is 78.6 Å². The van der Waals surface area contributed by atoms with Gasteiger partial charge in [0.05, 0.1) is 19.3 Å². The highest BCUT2D eigenvalue weighted by Gasteiger charge is 2.65. The molecule has 0 aliphatic heterocycles. The number of hydrogen-bond donors (Lipinski definition) is 2. The molecule has 2 N–H and O–H groups in total. The molecule has 7 nitrogen and oxygen atoms in total. The summed E-state index contributed by atoms with van der Waals surface area (Å²) in [5.41, 5.74) is 8.75. The van der Waals surface area contributed by atoms with Crippen molar-refractivity contribution in [1.82, 2.24) is 0 Å². The highest BCUT2D eigenvalue weighted by Crippen LogP contribution is 2.68. The van der Waals surface area contributed by atoms with Gasteiger partial charge in [-0.2, -0.15) is 0 Å². The Labute approximate surface area is 191 Å². The first-order chi connectivity index (χ1) is 15.2. The number of aliphatic hydroxyl groups is 2. The molecular weight excluding hydrogens is 406 g/mol. The van der Waals surface area contributed by atoms with E-state index in [1.165, 1.54) is 7.11 Å². The van der Waals surface area contributed by atoms with Crippen LogP contribution in [0.4, 0.5) is 0 Å². The maximum absolute atomic E-state index is 11.7. The van der Waals surface area contributed by atoms with E-state index < -0.39 is 0 Å². The van der Waals surface area contributed by atoms with Crippen molar-refractivity contribution in [2.24, 2.45) is 51.5 Å². The number of ether oxygens (including phenoxy) is 1. The largest absolute Gasteiger partial charge is 0.469 e. The predicted octanol–water partition coefficient (Wildman–Crippen LogP) is 4.86. The lowest BCUT2D eigenvalue weighted by molar-refractivity contribution is -0.202. The normalized spacial score (nSPS) is 48.6. The fourth-order valence-electron chi connectivity index (χ4n) is 8.96. The molecule has 4 fully saturated rings. The number of nitrogens with zero attached hydrogens (tertiary/aromatic N) is 3. The van der Waals surface area contributed by atoms with Crippen LogP contribution in [0.3, 0.4) is 0 Å². The third-order valence-electron chi connectivity index (χ3n) is 10.8. The van der Waals surface area contributed by atoms with E-state index in [0.29, 0.717) is 36.0 Å². The summed E-state index contributed by atoms with van der Waals surface area (Å²) in [6.45, 7) is 6.84. The fourth-order valence-corrected chi connectivity index (χ4v) is 8.96. The van der Waals surface area contributed by atoms with Crippen molar-refractivity contribution >= 4 is 5.97 Å². The van der Waals surface area contributed by atoms with Crippen LogP contribution in [0.5, 0.6) is 0 Å². The number of esters is 1. The first kappa shape index (κ1) is 23.8. The average Bonchev–Trinajstić information content (AvgIpc) is 3.12. The fraction of sp³-hybridized carbons (Fsp3) is 0.960. The van der Waals surface area contributed by atoms with Crippen LogP contribution in [0.15, 0.2) is 5.11 Å². The molecule has 4 aliphatic rings. The van der Waals surface area contributed by atoms with Crippen LogP contribution in [-0.4, -0.2) is 41.5 Å². The summed E-state index contributed by atoms with van der Waals surface area (Å²) in [5, 5.41) is 27.0. The summed E-state index contributed by atoms with van der Waals surface area (Å²) in [7, 11) is 1.43. The molecular formula is C25H41N3O4. The number of aliphatic hydroxyl groups excluding tert-OH is 2. The van der Waals surface area contributed by atoms with E-state index in [1.54, 1.807) is 0 Å². The monoisotopic (exact) mass is 447 g/mol. The van der Waals surface area contributed by atoms with Gasteiger partial charge >= 0.3 is 5.97 Å². The minimum atomic E-state index is -0.389. The van der Waals surface area contributed by atoms with Gasteiger partial charge in [-0.05, 0) is 103 Å². The van der Waals surface area contributed by atoms with Crippen LogP contribution in [-0.2, 0) is 9.53 Å². The molecule has 0 saturated heterocycles. The summed E-state index contributed by atoms with van der Waals surface area (Å²) in [4.78, 5) is 14.7. The van der Waals surface area contributed by atoms with Crippen molar-refractivity contribution in [2.75, 3.05) is 7.11 Å². The van der Waals surface area contributed by atoms with Gasteiger partial charge in [0.2, 0.25) is 0 Å². The third kappa shape index (κ3) is 3.65. The van der Waals surface area contributed by atoms with Gasteiger partial charge in [0.1, 0.15) is 0 Å². The van der Waals surface area contributed by atoms with Crippen molar-refractivity contribution in [1.29, 1.82) is 0 Å². The number of hydrogen-bond acceptors (Lipinski definition) is 5. The Bertz CT molecular complexity index is 770.